The topological polar surface area (TPSA) is 9.72 Å². The second-order valence-corrected chi connectivity index (χ2v) is 27.7. The van der Waals surface area contributed by atoms with Crippen molar-refractivity contribution in [2.75, 3.05) is 14.7 Å². The highest BCUT2D eigenvalue weighted by atomic mass is 15.2. The lowest BCUT2D eigenvalue weighted by atomic mass is 9.65. The van der Waals surface area contributed by atoms with Crippen LogP contribution in [0.5, 0.6) is 0 Å². The number of fused-ring (bicyclic) bond motifs is 18. The molecule has 0 aromatic heterocycles. The smallest absolute Gasteiger partial charge is 0.0596 e. The van der Waals surface area contributed by atoms with Crippen molar-refractivity contribution in [1.82, 2.24) is 0 Å². The quantitative estimate of drug-likeness (QED) is 0.175. The van der Waals surface area contributed by atoms with Crippen LogP contribution in [0, 0.1) is 5.92 Å². The number of rotatable bonds is 3. The molecular weight excluding hydrogens is 979 g/mol. The molecule has 3 heterocycles. The zero-order valence-corrected chi connectivity index (χ0v) is 49.0. The van der Waals surface area contributed by atoms with E-state index < -0.39 is 0 Å². The van der Waals surface area contributed by atoms with E-state index >= 15 is 0 Å². The average Bonchev–Trinajstić information content (AvgIpc) is 1.88. The molecule has 0 saturated heterocycles. The zero-order valence-electron chi connectivity index (χ0n) is 49.0. The maximum Gasteiger partial charge on any atom is 0.0596 e. The number of anilines is 8. The molecule has 2 atom stereocenters. The molecule has 0 amide bonds. The molecule has 4 aliphatic carbocycles. The number of hydrogen-bond donors (Lipinski definition) is 0. The van der Waals surface area contributed by atoms with E-state index in [-0.39, 0.29) is 38.5 Å². The standard InChI is InChI=1S/C78H71N3/c1-73(2)52-25-13-19-31-61(52)79(62-32-20-14-26-53(62)73)46-37-40-49-58(43-46)76(7,8)70-67(49)71-69(51-42-39-48(45-60(51)77(71,9)10)81-65-35-23-17-29-56(65)75(5,6)57-30-18-24-36-66(57)81)72-68(70)50-41-38-47(44-59(50)78(72,11)12)80-63-33-21-15-27-54(63)74(3,4)55-28-16-22-34-64(55)80/h13-45,52,61H,1-12H3. The predicted octanol–water partition coefficient (Wildman–Crippen LogP) is 20.4. The summed E-state index contributed by atoms with van der Waals surface area (Å²) >= 11 is 0. The molecule has 3 heteroatoms. The van der Waals surface area contributed by atoms with Crippen molar-refractivity contribution < 1.29 is 0 Å². The van der Waals surface area contributed by atoms with Crippen LogP contribution in [0.2, 0.25) is 0 Å². The van der Waals surface area contributed by atoms with Crippen LogP contribution < -0.4 is 14.7 Å². The maximum absolute atomic E-state index is 2.66. The Morgan fingerprint density at radius 3 is 1.01 bits per heavy atom. The molecular formula is C78H71N3. The van der Waals surface area contributed by atoms with E-state index in [0.29, 0.717) is 5.92 Å². The summed E-state index contributed by atoms with van der Waals surface area (Å²) in [5.74, 6) is 0.326. The monoisotopic (exact) mass is 1050 g/mol. The fourth-order valence-electron chi connectivity index (χ4n) is 17.4. The summed E-state index contributed by atoms with van der Waals surface area (Å²) in [4.78, 5) is 7.76. The second-order valence-electron chi connectivity index (χ2n) is 27.7. The van der Waals surface area contributed by atoms with Gasteiger partial charge in [0.05, 0.1) is 28.8 Å². The van der Waals surface area contributed by atoms with Crippen LogP contribution in [0.3, 0.4) is 0 Å². The summed E-state index contributed by atoms with van der Waals surface area (Å²) < 4.78 is 0. The Morgan fingerprint density at radius 2 is 0.617 bits per heavy atom. The number of para-hydroxylation sites is 5. The molecule has 0 spiro atoms. The van der Waals surface area contributed by atoms with Crippen LogP contribution in [0.1, 0.15) is 144 Å². The van der Waals surface area contributed by atoms with E-state index in [1.807, 2.05) is 0 Å². The lowest BCUT2D eigenvalue weighted by Gasteiger charge is -2.51. The normalized spacial score (nSPS) is 20.8. The molecule has 2 unspecified atom stereocenters. The number of benzene rings is 9. The van der Waals surface area contributed by atoms with Crippen LogP contribution in [0.4, 0.5) is 45.5 Å². The predicted molar refractivity (Wildman–Crippen MR) is 340 cm³/mol. The largest absolute Gasteiger partial charge is 0.334 e. The Morgan fingerprint density at radius 1 is 0.296 bits per heavy atom. The highest BCUT2D eigenvalue weighted by Gasteiger charge is 2.54. The number of nitrogens with zero attached hydrogens (tertiary/aromatic N) is 3. The highest BCUT2D eigenvalue weighted by molar-refractivity contribution is 6.06. The average molecular weight is 1050 g/mol. The SMILES string of the molecule is CC1(C)c2ccccc2N(c2ccc3c(c2)C(C)(C)c2c-3c3c(c4c2-c2ccc(N5c6ccccc6C(C)(C)C6C=CC=CC65)cc2C4(C)C)-c2ccc(N4c5ccccc5C(C)(C)c5ccccc54)cc2C3(C)C)c2ccccc21. The van der Waals surface area contributed by atoms with Crippen LogP contribution >= 0.6 is 0 Å². The lowest BCUT2D eigenvalue weighted by molar-refractivity contribution is 0.332. The first-order valence-corrected chi connectivity index (χ1v) is 29.7. The van der Waals surface area contributed by atoms with Gasteiger partial charge < -0.3 is 14.7 Å². The Hall–Kier alpha value is -8.14. The molecule has 3 aliphatic heterocycles. The van der Waals surface area contributed by atoms with Crippen molar-refractivity contribution in [2.24, 2.45) is 5.92 Å². The zero-order chi connectivity index (χ0) is 55.7. The first kappa shape index (κ1) is 48.7. The van der Waals surface area contributed by atoms with Crippen molar-refractivity contribution >= 4 is 45.5 Å². The van der Waals surface area contributed by atoms with Gasteiger partial charge in [-0.05, 0) is 161 Å². The van der Waals surface area contributed by atoms with Gasteiger partial charge in [0.25, 0.3) is 0 Å². The van der Waals surface area contributed by atoms with Crippen molar-refractivity contribution in [3.8, 4) is 33.4 Å². The van der Waals surface area contributed by atoms with Gasteiger partial charge in [0.2, 0.25) is 0 Å². The molecule has 0 N–H and O–H groups in total. The first-order valence-electron chi connectivity index (χ1n) is 29.7. The van der Waals surface area contributed by atoms with E-state index in [0.717, 1.165) is 0 Å². The van der Waals surface area contributed by atoms with Crippen LogP contribution in [0.25, 0.3) is 33.4 Å². The molecule has 9 aromatic rings. The minimum absolute atomic E-state index is 0.0262. The third-order valence-corrected chi connectivity index (χ3v) is 21.4. The van der Waals surface area contributed by atoms with Gasteiger partial charge in [0, 0.05) is 61.2 Å². The fourth-order valence-corrected chi connectivity index (χ4v) is 17.4. The van der Waals surface area contributed by atoms with Gasteiger partial charge in [-0.2, -0.15) is 0 Å². The molecule has 16 rings (SSSR count). The van der Waals surface area contributed by atoms with Gasteiger partial charge in [0.15, 0.2) is 0 Å². The summed E-state index contributed by atoms with van der Waals surface area (Å²) in [5.41, 5.74) is 32.4. The van der Waals surface area contributed by atoms with Crippen molar-refractivity contribution in [3.05, 3.63) is 261 Å². The van der Waals surface area contributed by atoms with Gasteiger partial charge in [-0.15, -0.1) is 0 Å². The highest BCUT2D eigenvalue weighted by Crippen LogP contribution is 2.69. The first-order chi connectivity index (χ1) is 38.8. The molecule has 9 aromatic carbocycles. The van der Waals surface area contributed by atoms with E-state index in [9.17, 15) is 0 Å². The molecule has 7 aliphatic rings. The summed E-state index contributed by atoms with van der Waals surface area (Å²) in [6.07, 6.45) is 9.43. The minimum Gasteiger partial charge on any atom is -0.334 e. The summed E-state index contributed by atoms with van der Waals surface area (Å²) in [6.45, 7) is 29.6. The third-order valence-electron chi connectivity index (χ3n) is 21.4. The number of allylic oxidation sites excluding steroid dienone is 2. The van der Waals surface area contributed by atoms with E-state index in [2.05, 4.69) is 298 Å². The Kier molecular flexibility index (Phi) is 9.54. The van der Waals surface area contributed by atoms with Gasteiger partial charge >= 0.3 is 0 Å². The maximum atomic E-state index is 2.66. The van der Waals surface area contributed by atoms with Crippen molar-refractivity contribution in [3.63, 3.8) is 0 Å². The van der Waals surface area contributed by atoms with Crippen LogP contribution in [-0.2, 0) is 32.5 Å². The summed E-state index contributed by atoms with van der Waals surface area (Å²) in [5, 5.41) is 0. The van der Waals surface area contributed by atoms with E-state index in [1.54, 1.807) is 0 Å². The number of hydrogen-bond acceptors (Lipinski definition) is 3. The lowest BCUT2D eigenvalue weighted by Crippen LogP contribution is -2.49. The van der Waals surface area contributed by atoms with Crippen LogP contribution in [0.15, 0.2) is 200 Å². The molecule has 0 radical (unpaired) electrons. The van der Waals surface area contributed by atoms with Gasteiger partial charge in [-0.1, -0.05) is 217 Å². The Bertz CT molecular complexity index is 4130. The van der Waals surface area contributed by atoms with Gasteiger partial charge in [0.1, 0.15) is 0 Å². The minimum atomic E-state index is -0.350. The van der Waals surface area contributed by atoms with Crippen LogP contribution in [-0.4, -0.2) is 6.04 Å². The second kappa shape index (κ2) is 15.9. The molecule has 0 saturated carbocycles. The van der Waals surface area contributed by atoms with E-state index in [1.165, 1.54) is 140 Å². The molecule has 0 fully saturated rings. The van der Waals surface area contributed by atoms with Gasteiger partial charge in [-0.25, -0.2) is 0 Å². The third kappa shape index (κ3) is 6.05. The van der Waals surface area contributed by atoms with Crippen molar-refractivity contribution in [1.29, 1.82) is 0 Å². The summed E-state index contributed by atoms with van der Waals surface area (Å²) in [7, 11) is 0. The fraction of sp³-hybridized carbons (Fsp3) is 0.256. The molecule has 81 heavy (non-hydrogen) atoms. The van der Waals surface area contributed by atoms with Gasteiger partial charge in [-0.3, -0.25) is 0 Å². The summed E-state index contributed by atoms with van der Waals surface area (Å²) in [6, 6.07) is 68.3. The molecule has 3 nitrogen and oxygen atoms in total. The molecule has 398 valence electrons. The molecule has 0 bridgehead atoms. The Labute approximate surface area is 480 Å². The van der Waals surface area contributed by atoms with Crippen molar-refractivity contribution in [2.45, 2.75) is 122 Å². The Balaban J connectivity index is 0.941. The van der Waals surface area contributed by atoms with E-state index in [4.69, 9.17) is 0 Å².